The van der Waals surface area contributed by atoms with Crippen molar-refractivity contribution < 1.29 is 4.79 Å². The summed E-state index contributed by atoms with van der Waals surface area (Å²) in [4.78, 5) is 15.0. The van der Waals surface area contributed by atoms with E-state index in [1.165, 1.54) is 11.8 Å². The van der Waals surface area contributed by atoms with Gasteiger partial charge in [-0.05, 0) is 30.2 Å². The Morgan fingerprint density at radius 1 is 1.50 bits per heavy atom. The number of anilines is 1. The molecule has 0 unspecified atom stereocenters. The Bertz CT molecular complexity index is 581. The molecule has 1 aromatic heterocycles. The van der Waals surface area contributed by atoms with E-state index in [2.05, 4.69) is 15.2 Å². The molecule has 94 valence electrons. The number of primary amides is 1. The second-order valence-corrected chi connectivity index (χ2v) is 4.74. The van der Waals surface area contributed by atoms with E-state index in [4.69, 9.17) is 11.5 Å². The number of carbonyl (C=O) groups is 1. The molecule has 1 heterocycles. The van der Waals surface area contributed by atoms with Crippen molar-refractivity contribution in [3.8, 4) is 0 Å². The van der Waals surface area contributed by atoms with Crippen molar-refractivity contribution in [3.63, 3.8) is 0 Å². The normalized spacial score (nSPS) is 10.5. The highest BCUT2D eigenvalue weighted by molar-refractivity contribution is 7.98. The van der Waals surface area contributed by atoms with E-state index in [1.807, 2.05) is 13.0 Å². The molecule has 0 saturated carbocycles. The monoisotopic (exact) mass is 263 g/mol. The van der Waals surface area contributed by atoms with Crippen molar-refractivity contribution in [3.05, 3.63) is 34.9 Å². The van der Waals surface area contributed by atoms with E-state index in [9.17, 15) is 4.79 Å². The number of rotatable bonds is 4. The molecule has 2 aromatic rings. The van der Waals surface area contributed by atoms with Gasteiger partial charge in [0, 0.05) is 11.3 Å². The van der Waals surface area contributed by atoms with Crippen LogP contribution in [-0.2, 0) is 5.75 Å². The summed E-state index contributed by atoms with van der Waals surface area (Å²) in [6.45, 7) is 1.94. The van der Waals surface area contributed by atoms with Gasteiger partial charge in [-0.1, -0.05) is 17.8 Å². The van der Waals surface area contributed by atoms with Gasteiger partial charge in [0.15, 0.2) is 0 Å². The number of hydrogen-bond acceptors (Lipinski definition) is 5. The number of thioether (sulfide) groups is 1. The van der Waals surface area contributed by atoms with E-state index in [1.54, 1.807) is 12.1 Å². The number of nitrogens with two attached hydrogens (primary N) is 2. The molecule has 0 atom stereocenters. The van der Waals surface area contributed by atoms with Gasteiger partial charge in [0.2, 0.25) is 17.0 Å². The molecule has 6 nitrogen and oxygen atoms in total. The summed E-state index contributed by atoms with van der Waals surface area (Å²) < 4.78 is 0. The second kappa shape index (κ2) is 5.09. The van der Waals surface area contributed by atoms with Crippen LogP contribution in [0, 0.1) is 6.92 Å². The van der Waals surface area contributed by atoms with E-state index in [0.29, 0.717) is 22.4 Å². The third-order valence-electron chi connectivity index (χ3n) is 2.47. The van der Waals surface area contributed by atoms with Crippen molar-refractivity contribution in [1.29, 1.82) is 0 Å². The third kappa shape index (κ3) is 2.80. The molecule has 0 saturated heterocycles. The first-order valence-electron chi connectivity index (χ1n) is 5.26. The van der Waals surface area contributed by atoms with Gasteiger partial charge in [0.05, 0.1) is 0 Å². The Hall–Kier alpha value is -2.02. The Kier molecular flexibility index (Phi) is 3.52. The molecule has 2 rings (SSSR count). The molecular weight excluding hydrogens is 250 g/mol. The van der Waals surface area contributed by atoms with Gasteiger partial charge in [-0.2, -0.15) is 4.98 Å². The van der Waals surface area contributed by atoms with Crippen LogP contribution in [0.2, 0.25) is 0 Å². The summed E-state index contributed by atoms with van der Waals surface area (Å²) in [5, 5.41) is 7.11. The SMILES string of the molecule is Cc1cc(C(N)=O)ccc1CSc1n[nH]c(N)n1. The van der Waals surface area contributed by atoms with E-state index in [-0.39, 0.29) is 0 Å². The molecular formula is C11H13N5OS. The average molecular weight is 263 g/mol. The lowest BCUT2D eigenvalue weighted by atomic mass is 10.1. The van der Waals surface area contributed by atoms with Crippen LogP contribution in [0.4, 0.5) is 5.95 Å². The number of H-pyrrole nitrogens is 1. The van der Waals surface area contributed by atoms with E-state index >= 15 is 0 Å². The minimum atomic E-state index is -0.418. The van der Waals surface area contributed by atoms with Crippen molar-refractivity contribution >= 4 is 23.6 Å². The van der Waals surface area contributed by atoms with Gasteiger partial charge >= 0.3 is 0 Å². The molecule has 7 heteroatoms. The predicted octanol–water partition coefficient (Wildman–Crippen LogP) is 1.09. The fourth-order valence-electron chi connectivity index (χ4n) is 1.48. The molecule has 1 aromatic carbocycles. The number of hydrogen-bond donors (Lipinski definition) is 3. The van der Waals surface area contributed by atoms with Gasteiger partial charge in [0.1, 0.15) is 0 Å². The molecule has 1 amide bonds. The summed E-state index contributed by atoms with van der Waals surface area (Å²) >= 11 is 1.47. The Morgan fingerprint density at radius 3 is 2.83 bits per heavy atom. The fourth-order valence-corrected chi connectivity index (χ4v) is 2.36. The number of benzene rings is 1. The van der Waals surface area contributed by atoms with Crippen LogP contribution in [-0.4, -0.2) is 21.1 Å². The van der Waals surface area contributed by atoms with Crippen molar-refractivity contribution in [2.45, 2.75) is 17.8 Å². The number of nitrogens with zero attached hydrogens (tertiary/aromatic N) is 2. The van der Waals surface area contributed by atoms with E-state index < -0.39 is 5.91 Å². The Morgan fingerprint density at radius 2 is 2.28 bits per heavy atom. The zero-order valence-electron chi connectivity index (χ0n) is 9.80. The smallest absolute Gasteiger partial charge is 0.248 e. The van der Waals surface area contributed by atoms with Crippen LogP contribution in [0.25, 0.3) is 0 Å². The number of carbonyl (C=O) groups excluding carboxylic acids is 1. The van der Waals surface area contributed by atoms with Crippen LogP contribution < -0.4 is 11.5 Å². The number of amides is 1. The zero-order valence-corrected chi connectivity index (χ0v) is 10.6. The molecule has 5 N–H and O–H groups in total. The number of nitrogens with one attached hydrogen (secondary N) is 1. The minimum Gasteiger partial charge on any atom is -0.368 e. The highest BCUT2D eigenvalue weighted by atomic mass is 32.2. The van der Waals surface area contributed by atoms with Gasteiger partial charge < -0.3 is 11.5 Å². The minimum absolute atomic E-state index is 0.304. The molecule has 0 aliphatic carbocycles. The molecule has 0 radical (unpaired) electrons. The highest BCUT2D eigenvalue weighted by Gasteiger charge is 2.06. The van der Waals surface area contributed by atoms with Gasteiger partial charge in [-0.3, -0.25) is 4.79 Å². The molecule has 0 aliphatic heterocycles. The molecule has 18 heavy (non-hydrogen) atoms. The van der Waals surface area contributed by atoms with Gasteiger partial charge in [-0.15, -0.1) is 5.10 Å². The quantitative estimate of drug-likeness (QED) is 0.715. The predicted molar refractivity (Wildman–Crippen MR) is 70.1 cm³/mol. The number of aryl methyl sites for hydroxylation is 1. The van der Waals surface area contributed by atoms with Crippen molar-refractivity contribution in [2.24, 2.45) is 5.73 Å². The first kappa shape index (κ1) is 12.4. The van der Waals surface area contributed by atoms with Crippen LogP contribution >= 0.6 is 11.8 Å². The molecule has 0 bridgehead atoms. The van der Waals surface area contributed by atoms with Gasteiger partial charge in [-0.25, -0.2) is 5.10 Å². The first-order chi connectivity index (χ1) is 8.56. The fraction of sp³-hybridized carbons (Fsp3) is 0.182. The number of aromatic amines is 1. The summed E-state index contributed by atoms with van der Waals surface area (Å²) in [6.07, 6.45) is 0. The van der Waals surface area contributed by atoms with Gasteiger partial charge in [0.25, 0.3) is 0 Å². The second-order valence-electron chi connectivity index (χ2n) is 3.80. The summed E-state index contributed by atoms with van der Waals surface area (Å²) in [5.41, 5.74) is 13.3. The summed E-state index contributed by atoms with van der Waals surface area (Å²) in [6, 6.07) is 5.39. The zero-order chi connectivity index (χ0) is 13.1. The first-order valence-corrected chi connectivity index (χ1v) is 6.25. The van der Waals surface area contributed by atoms with Crippen LogP contribution in [0.3, 0.4) is 0 Å². The molecule has 0 aliphatic rings. The molecule has 0 spiro atoms. The largest absolute Gasteiger partial charge is 0.368 e. The van der Waals surface area contributed by atoms with Crippen molar-refractivity contribution in [1.82, 2.24) is 15.2 Å². The maximum absolute atomic E-state index is 11.0. The van der Waals surface area contributed by atoms with Crippen LogP contribution in [0.5, 0.6) is 0 Å². The number of aromatic nitrogens is 3. The summed E-state index contributed by atoms with van der Waals surface area (Å²) in [7, 11) is 0. The topological polar surface area (TPSA) is 111 Å². The third-order valence-corrected chi connectivity index (χ3v) is 3.36. The Labute approximate surface area is 108 Å². The summed E-state index contributed by atoms with van der Waals surface area (Å²) in [5.74, 6) is 0.597. The molecule has 0 fully saturated rings. The number of nitrogen functional groups attached to an aromatic ring is 1. The van der Waals surface area contributed by atoms with Crippen molar-refractivity contribution in [2.75, 3.05) is 5.73 Å². The maximum atomic E-state index is 11.0. The standard InChI is InChI=1S/C11H13N5OS/c1-6-4-7(9(12)17)2-3-8(6)5-18-11-14-10(13)15-16-11/h2-4H,5H2,1H3,(H2,12,17)(H3,13,14,15,16). The van der Waals surface area contributed by atoms with E-state index in [0.717, 1.165) is 11.1 Å². The highest BCUT2D eigenvalue weighted by Crippen LogP contribution is 2.22. The Balaban J connectivity index is 2.08. The lowest BCUT2D eigenvalue weighted by Crippen LogP contribution is -2.11. The lowest BCUT2D eigenvalue weighted by Gasteiger charge is -2.05. The average Bonchev–Trinajstić information content (AvgIpc) is 2.73. The van der Waals surface area contributed by atoms with Crippen LogP contribution in [0.1, 0.15) is 21.5 Å². The lowest BCUT2D eigenvalue weighted by molar-refractivity contribution is 0.1000. The van der Waals surface area contributed by atoms with Crippen LogP contribution in [0.15, 0.2) is 23.4 Å². The maximum Gasteiger partial charge on any atom is 0.248 e.